The van der Waals surface area contributed by atoms with Crippen LogP contribution in [0.2, 0.25) is 0 Å². The first-order valence-corrected chi connectivity index (χ1v) is 8.42. The summed E-state index contributed by atoms with van der Waals surface area (Å²) < 4.78 is 2.32. The first kappa shape index (κ1) is 15.6. The van der Waals surface area contributed by atoms with Crippen molar-refractivity contribution in [2.75, 3.05) is 0 Å². The van der Waals surface area contributed by atoms with E-state index in [2.05, 4.69) is 15.9 Å². The summed E-state index contributed by atoms with van der Waals surface area (Å²) >= 11 is 3.50. The highest BCUT2D eigenvalue weighted by atomic mass is 79.9. The monoisotopic (exact) mass is 393 g/mol. The van der Waals surface area contributed by atoms with Crippen LogP contribution < -0.4 is 0 Å². The zero-order valence-electron chi connectivity index (χ0n) is 12.9. The lowest BCUT2D eigenvalue weighted by atomic mass is 10.0. The molecule has 0 unspecified atom stereocenters. The lowest BCUT2D eigenvalue weighted by Crippen LogP contribution is -2.11. The number of carbonyl (C=O) groups is 2. The van der Waals surface area contributed by atoms with E-state index in [1.807, 2.05) is 30.3 Å². The van der Waals surface area contributed by atoms with E-state index in [0.29, 0.717) is 16.5 Å². The van der Waals surface area contributed by atoms with Crippen molar-refractivity contribution in [1.29, 1.82) is 0 Å². The molecule has 0 amide bonds. The number of para-hydroxylation sites is 1. The molecule has 0 aliphatic rings. The molecule has 4 nitrogen and oxygen atoms in total. The summed E-state index contributed by atoms with van der Waals surface area (Å²) in [6.45, 7) is 0. The van der Waals surface area contributed by atoms with E-state index in [4.69, 9.17) is 0 Å². The lowest BCUT2D eigenvalue weighted by Gasteiger charge is -2.08. The fourth-order valence-corrected chi connectivity index (χ4v) is 3.60. The van der Waals surface area contributed by atoms with Crippen LogP contribution in [0, 0.1) is 0 Å². The Labute approximate surface area is 151 Å². The number of rotatable bonds is 2. The minimum Gasteiger partial charge on any atom is -0.478 e. The van der Waals surface area contributed by atoms with Gasteiger partial charge >= 0.3 is 5.97 Å². The van der Waals surface area contributed by atoms with E-state index in [1.54, 1.807) is 30.3 Å². The van der Waals surface area contributed by atoms with Crippen LogP contribution in [0.1, 0.15) is 20.7 Å². The minimum atomic E-state index is -1.05. The van der Waals surface area contributed by atoms with Gasteiger partial charge in [-0.15, -0.1) is 0 Å². The van der Waals surface area contributed by atoms with Crippen molar-refractivity contribution in [1.82, 2.24) is 4.57 Å². The van der Waals surface area contributed by atoms with Crippen LogP contribution in [0.4, 0.5) is 0 Å². The van der Waals surface area contributed by atoms with Crippen LogP contribution >= 0.6 is 15.9 Å². The molecule has 0 bridgehead atoms. The highest BCUT2D eigenvalue weighted by molar-refractivity contribution is 9.10. The zero-order chi connectivity index (χ0) is 17.6. The summed E-state index contributed by atoms with van der Waals surface area (Å²) in [5, 5.41) is 11.7. The van der Waals surface area contributed by atoms with Crippen molar-refractivity contribution in [3.05, 3.63) is 82.5 Å². The van der Waals surface area contributed by atoms with Crippen LogP contribution in [0.3, 0.4) is 0 Å². The number of aromatic carboxylic acids is 1. The van der Waals surface area contributed by atoms with Crippen molar-refractivity contribution < 1.29 is 14.7 Å². The molecule has 0 aliphatic carbocycles. The number of hydrogen-bond donors (Lipinski definition) is 1. The van der Waals surface area contributed by atoms with Crippen LogP contribution in [0.5, 0.6) is 0 Å². The molecule has 0 radical (unpaired) electrons. The Balaban J connectivity index is 1.98. The van der Waals surface area contributed by atoms with Gasteiger partial charge in [0.1, 0.15) is 0 Å². The molecule has 0 fully saturated rings. The zero-order valence-corrected chi connectivity index (χ0v) is 14.5. The number of halogens is 1. The lowest BCUT2D eigenvalue weighted by molar-refractivity contribution is 0.0699. The second-order valence-electron chi connectivity index (χ2n) is 5.68. The molecule has 4 rings (SSSR count). The fraction of sp³-hybridized carbons (Fsp3) is 0. The quantitative estimate of drug-likeness (QED) is 0.524. The number of fused-ring (bicyclic) bond motifs is 2. The summed E-state index contributed by atoms with van der Waals surface area (Å²) in [5.41, 5.74) is 1.22. The molecule has 1 aromatic heterocycles. The third-order valence-electron chi connectivity index (χ3n) is 4.26. The van der Waals surface area contributed by atoms with Crippen molar-refractivity contribution >= 4 is 49.5 Å². The molecule has 0 aliphatic heterocycles. The maximum Gasteiger partial charge on any atom is 0.337 e. The SMILES string of the molecule is O=C(O)c1cn(C(=O)c2cccc3c(Br)cccc23)c2ccccc12. The van der Waals surface area contributed by atoms with E-state index in [9.17, 15) is 14.7 Å². The van der Waals surface area contributed by atoms with Crippen LogP contribution in [0.15, 0.2) is 71.3 Å². The Kier molecular flexibility index (Phi) is 3.66. The summed E-state index contributed by atoms with van der Waals surface area (Å²) in [7, 11) is 0. The number of carboxylic acids is 1. The number of aromatic nitrogens is 1. The second kappa shape index (κ2) is 5.86. The molecule has 0 spiro atoms. The van der Waals surface area contributed by atoms with Crippen LogP contribution in [0.25, 0.3) is 21.7 Å². The van der Waals surface area contributed by atoms with Crippen molar-refractivity contribution in [3.8, 4) is 0 Å². The topological polar surface area (TPSA) is 59.3 Å². The van der Waals surface area contributed by atoms with Crippen molar-refractivity contribution in [2.45, 2.75) is 0 Å². The van der Waals surface area contributed by atoms with E-state index in [-0.39, 0.29) is 11.5 Å². The number of carbonyl (C=O) groups excluding carboxylic acids is 1. The van der Waals surface area contributed by atoms with Gasteiger partial charge in [0.15, 0.2) is 0 Å². The van der Waals surface area contributed by atoms with Crippen LogP contribution in [-0.2, 0) is 0 Å². The maximum absolute atomic E-state index is 13.2. The molecule has 4 aromatic rings. The Bertz CT molecular complexity index is 1160. The number of carboxylic acid groups (broad SMARTS) is 1. The van der Waals surface area contributed by atoms with Gasteiger partial charge in [0.2, 0.25) is 0 Å². The van der Waals surface area contributed by atoms with E-state index < -0.39 is 5.97 Å². The fourth-order valence-electron chi connectivity index (χ4n) is 3.11. The molecule has 0 atom stereocenters. The molecule has 122 valence electrons. The first-order valence-electron chi connectivity index (χ1n) is 7.63. The number of nitrogens with zero attached hydrogens (tertiary/aromatic N) is 1. The highest BCUT2D eigenvalue weighted by Crippen LogP contribution is 2.28. The highest BCUT2D eigenvalue weighted by Gasteiger charge is 2.20. The summed E-state index contributed by atoms with van der Waals surface area (Å²) in [6.07, 6.45) is 1.39. The van der Waals surface area contributed by atoms with Gasteiger partial charge in [0.25, 0.3) is 5.91 Å². The predicted octanol–water partition coefficient (Wildman–Crippen LogP) is 4.94. The standard InChI is InChI=1S/C20H12BrNO3/c21-17-9-4-6-12-13(17)7-3-8-15(12)19(23)22-11-16(20(24)25)14-5-1-2-10-18(14)22/h1-11H,(H,24,25). The Morgan fingerprint density at radius 3 is 2.28 bits per heavy atom. The Morgan fingerprint density at radius 1 is 0.800 bits per heavy atom. The predicted molar refractivity (Wildman–Crippen MR) is 100 cm³/mol. The first-order chi connectivity index (χ1) is 12.1. The number of hydrogen-bond acceptors (Lipinski definition) is 2. The van der Waals surface area contributed by atoms with Gasteiger partial charge in [-0.2, -0.15) is 0 Å². The van der Waals surface area contributed by atoms with Crippen molar-refractivity contribution in [3.63, 3.8) is 0 Å². The van der Waals surface area contributed by atoms with Gasteiger partial charge in [-0.3, -0.25) is 9.36 Å². The Morgan fingerprint density at radius 2 is 1.48 bits per heavy atom. The van der Waals surface area contributed by atoms with Crippen molar-refractivity contribution in [2.24, 2.45) is 0 Å². The molecule has 3 aromatic carbocycles. The van der Waals surface area contributed by atoms with Gasteiger partial charge in [0, 0.05) is 21.6 Å². The normalized spacial score (nSPS) is 11.1. The summed E-state index contributed by atoms with van der Waals surface area (Å²) in [4.78, 5) is 24.7. The van der Waals surface area contributed by atoms with E-state index in [0.717, 1.165) is 15.2 Å². The molecule has 1 heterocycles. The van der Waals surface area contributed by atoms with Gasteiger partial charge < -0.3 is 5.11 Å². The molecular formula is C20H12BrNO3. The molecule has 0 saturated carbocycles. The summed E-state index contributed by atoms with van der Waals surface area (Å²) in [5.74, 6) is -1.31. The smallest absolute Gasteiger partial charge is 0.337 e. The van der Waals surface area contributed by atoms with E-state index in [1.165, 1.54) is 10.8 Å². The van der Waals surface area contributed by atoms with E-state index >= 15 is 0 Å². The van der Waals surface area contributed by atoms with Gasteiger partial charge in [-0.05, 0) is 29.0 Å². The summed E-state index contributed by atoms with van der Waals surface area (Å²) in [6, 6.07) is 18.2. The average Bonchev–Trinajstić information content (AvgIpc) is 3.01. The Hall–Kier alpha value is -2.92. The maximum atomic E-state index is 13.2. The van der Waals surface area contributed by atoms with Gasteiger partial charge in [-0.1, -0.05) is 58.4 Å². The largest absolute Gasteiger partial charge is 0.478 e. The van der Waals surface area contributed by atoms with Crippen LogP contribution in [-0.4, -0.2) is 21.6 Å². The third kappa shape index (κ3) is 2.44. The third-order valence-corrected chi connectivity index (χ3v) is 4.95. The molecule has 1 N–H and O–H groups in total. The molecule has 5 heteroatoms. The minimum absolute atomic E-state index is 0.116. The van der Waals surface area contributed by atoms with Gasteiger partial charge in [0.05, 0.1) is 11.1 Å². The average molecular weight is 394 g/mol. The molecule has 0 saturated heterocycles. The number of benzene rings is 3. The molecular weight excluding hydrogens is 382 g/mol. The second-order valence-corrected chi connectivity index (χ2v) is 6.54. The molecule has 25 heavy (non-hydrogen) atoms. The van der Waals surface area contributed by atoms with Gasteiger partial charge in [-0.25, -0.2) is 4.79 Å².